The highest BCUT2D eigenvalue weighted by atomic mass is 16.5. The number of aromatic hydroxyl groups is 1. The van der Waals surface area contributed by atoms with Gasteiger partial charge in [-0.15, -0.1) is 0 Å². The van der Waals surface area contributed by atoms with Crippen molar-refractivity contribution in [1.29, 1.82) is 0 Å². The Labute approximate surface area is 134 Å². The monoisotopic (exact) mass is 310 g/mol. The fourth-order valence-electron chi connectivity index (χ4n) is 2.56. The third-order valence-corrected chi connectivity index (χ3v) is 3.83. The Hall–Kier alpha value is -2.95. The Balaban J connectivity index is 2.06. The summed E-state index contributed by atoms with van der Waals surface area (Å²) in [6.45, 7) is 0. The molecule has 0 aliphatic heterocycles. The van der Waals surface area contributed by atoms with E-state index in [0.29, 0.717) is 22.7 Å². The zero-order valence-electron chi connectivity index (χ0n) is 13.3. The van der Waals surface area contributed by atoms with Gasteiger partial charge in [0, 0.05) is 24.7 Å². The lowest BCUT2D eigenvalue weighted by molar-refractivity contribution is 0.395. The molecule has 3 aromatic rings. The van der Waals surface area contributed by atoms with Gasteiger partial charge in [0.15, 0.2) is 0 Å². The van der Waals surface area contributed by atoms with Crippen molar-refractivity contribution in [2.45, 2.75) is 0 Å². The molecule has 0 aliphatic carbocycles. The second-order valence-corrected chi connectivity index (χ2v) is 5.11. The maximum absolute atomic E-state index is 10.3. The van der Waals surface area contributed by atoms with Gasteiger partial charge in [0.25, 0.3) is 0 Å². The van der Waals surface area contributed by atoms with Gasteiger partial charge in [-0.05, 0) is 18.2 Å². The minimum Gasteiger partial charge on any atom is -0.497 e. The summed E-state index contributed by atoms with van der Waals surface area (Å²) in [5.41, 5.74) is 2.30. The molecule has 0 amide bonds. The molecule has 0 spiro atoms. The Morgan fingerprint density at radius 1 is 1.09 bits per heavy atom. The van der Waals surface area contributed by atoms with Crippen LogP contribution in [0.25, 0.3) is 10.9 Å². The van der Waals surface area contributed by atoms with Crippen molar-refractivity contribution >= 4 is 22.8 Å². The number of aryl methyl sites for hydroxylation is 1. The van der Waals surface area contributed by atoms with Gasteiger partial charge in [-0.2, -0.15) is 0 Å². The summed E-state index contributed by atoms with van der Waals surface area (Å²) in [5.74, 6) is 1.50. The molecule has 118 valence electrons. The van der Waals surface area contributed by atoms with E-state index in [2.05, 4.69) is 4.99 Å². The summed E-state index contributed by atoms with van der Waals surface area (Å²) in [4.78, 5) is 4.47. The number of aliphatic imine (C=N–C) groups is 1. The van der Waals surface area contributed by atoms with Crippen molar-refractivity contribution in [3.8, 4) is 17.4 Å². The molecule has 0 fully saturated rings. The zero-order valence-corrected chi connectivity index (χ0v) is 13.3. The van der Waals surface area contributed by atoms with Crippen LogP contribution in [0.5, 0.6) is 17.4 Å². The SMILES string of the molecule is COc1ccc(N=Cc2c(O)n(C)c3ccccc23)c(OC)c1. The highest BCUT2D eigenvalue weighted by molar-refractivity contribution is 6.03. The number of rotatable bonds is 4. The first-order chi connectivity index (χ1) is 11.2. The third kappa shape index (κ3) is 2.61. The lowest BCUT2D eigenvalue weighted by Crippen LogP contribution is -1.88. The van der Waals surface area contributed by atoms with Gasteiger partial charge in [-0.1, -0.05) is 18.2 Å². The smallest absolute Gasteiger partial charge is 0.200 e. The van der Waals surface area contributed by atoms with Crippen LogP contribution in [-0.4, -0.2) is 30.1 Å². The van der Waals surface area contributed by atoms with Crippen molar-refractivity contribution < 1.29 is 14.6 Å². The molecule has 5 nitrogen and oxygen atoms in total. The minimum atomic E-state index is 0.183. The van der Waals surface area contributed by atoms with Crippen LogP contribution in [0.3, 0.4) is 0 Å². The molecule has 0 saturated carbocycles. The largest absolute Gasteiger partial charge is 0.497 e. The second-order valence-electron chi connectivity index (χ2n) is 5.11. The van der Waals surface area contributed by atoms with Crippen molar-refractivity contribution in [2.75, 3.05) is 14.2 Å². The van der Waals surface area contributed by atoms with Crippen LogP contribution in [0.1, 0.15) is 5.56 Å². The zero-order chi connectivity index (χ0) is 16.4. The molecular weight excluding hydrogens is 292 g/mol. The maximum Gasteiger partial charge on any atom is 0.200 e. The summed E-state index contributed by atoms with van der Waals surface area (Å²) in [5, 5.41) is 11.3. The molecule has 0 radical (unpaired) electrons. The molecule has 5 heteroatoms. The number of aromatic nitrogens is 1. The first-order valence-corrected chi connectivity index (χ1v) is 7.18. The van der Waals surface area contributed by atoms with Gasteiger partial charge >= 0.3 is 0 Å². The molecule has 1 aromatic heterocycles. The number of para-hydroxylation sites is 1. The average Bonchev–Trinajstić information content (AvgIpc) is 2.84. The average molecular weight is 310 g/mol. The number of ether oxygens (including phenoxy) is 2. The van der Waals surface area contributed by atoms with Crippen molar-refractivity contribution in [3.63, 3.8) is 0 Å². The minimum absolute atomic E-state index is 0.183. The molecule has 0 aliphatic rings. The van der Waals surface area contributed by atoms with Gasteiger partial charge < -0.3 is 19.1 Å². The number of benzene rings is 2. The van der Waals surface area contributed by atoms with Gasteiger partial charge in [-0.25, -0.2) is 0 Å². The van der Waals surface area contributed by atoms with Gasteiger partial charge in [-0.3, -0.25) is 4.99 Å². The third-order valence-electron chi connectivity index (χ3n) is 3.83. The molecule has 0 bridgehead atoms. The Kier molecular flexibility index (Phi) is 3.93. The van der Waals surface area contributed by atoms with Crippen LogP contribution < -0.4 is 9.47 Å². The molecule has 0 unspecified atom stereocenters. The van der Waals surface area contributed by atoms with E-state index in [1.807, 2.05) is 43.4 Å². The van der Waals surface area contributed by atoms with Crippen LogP contribution in [0.2, 0.25) is 0 Å². The second kappa shape index (κ2) is 6.04. The molecular formula is C18H18N2O3. The van der Waals surface area contributed by atoms with E-state index in [4.69, 9.17) is 9.47 Å². The number of hydrogen-bond acceptors (Lipinski definition) is 4. The maximum atomic E-state index is 10.3. The van der Waals surface area contributed by atoms with E-state index in [-0.39, 0.29) is 5.88 Å². The Bertz CT molecular complexity index is 881. The van der Waals surface area contributed by atoms with Gasteiger partial charge in [0.05, 0.1) is 25.3 Å². The summed E-state index contributed by atoms with van der Waals surface area (Å²) in [6.07, 6.45) is 1.65. The molecule has 3 rings (SSSR count). The Morgan fingerprint density at radius 2 is 1.87 bits per heavy atom. The normalized spacial score (nSPS) is 11.3. The predicted molar refractivity (Wildman–Crippen MR) is 91.4 cm³/mol. The summed E-state index contributed by atoms with van der Waals surface area (Å²) in [7, 11) is 5.01. The van der Waals surface area contributed by atoms with Crippen molar-refractivity contribution in [2.24, 2.45) is 12.0 Å². The van der Waals surface area contributed by atoms with Crippen LogP contribution in [0.4, 0.5) is 5.69 Å². The van der Waals surface area contributed by atoms with Crippen LogP contribution in [0.15, 0.2) is 47.5 Å². The summed E-state index contributed by atoms with van der Waals surface area (Å²) < 4.78 is 12.3. The molecule has 1 heterocycles. The lowest BCUT2D eigenvalue weighted by atomic mass is 10.2. The first-order valence-electron chi connectivity index (χ1n) is 7.18. The molecule has 0 atom stereocenters. The predicted octanol–water partition coefficient (Wildman–Crippen LogP) is 3.65. The van der Waals surface area contributed by atoms with E-state index in [9.17, 15) is 5.11 Å². The number of hydrogen-bond donors (Lipinski definition) is 1. The van der Waals surface area contributed by atoms with Crippen molar-refractivity contribution in [3.05, 3.63) is 48.0 Å². The Morgan fingerprint density at radius 3 is 2.61 bits per heavy atom. The summed E-state index contributed by atoms with van der Waals surface area (Å²) in [6, 6.07) is 13.2. The number of fused-ring (bicyclic) bond motifs is 1. The topological polar surface area (TPSA) is 56.0 Å². The van der Waals surface area contributed by atoms with E-state index in [1.165, 1.54) is 0 Å². The quantitative estimate of drug-likeness (QED) is 0.748. The molecule has 1 N–H and O–H groups in total. The molecule has 0 saturated heterocycles. The number of methoxy groups -OCH3 is 2. The highest BCUT2D eigenvalue weighted by Crippen LogP contribution is 2.33. The lowest BCUT2D eigenvalue weighted by Gasteiger charge is -2.06. The fraction of sp³-hybridized carbons (Fsp3) is 0.167. The molecule has 23 heavy (non-hydrogen) atoms. The van der Waals surface area contributed by atoms with Crippen molar-refractivity contribution in [1.82, 2.24) is 4.57 Å². The van der Waals surface area contributed by atoms with E-state index in [0.717, 1.165) is 10.9 Å². The van der Waals surface area contributed by atoms with E-state index >= 15 is 0 Å². The summed E-state index contributed by atoms with van der Waals surface area (Å²) >= 11 is 0. The van der Waals surface area contributed by atoms with Gasteiger partial charge in [0.2, 0.25) is 5.88 Å². The fourth-order valence-corrected chi connectivity index (χ4v) is 2.56. The van der Waals surface area contributed by atoms with Crippen LogP contribution >= 0.6 is 0 Å². The highest BCUT2D eigenvalue weighted by Gasteiger charge is 2.12. The van der Waals surface area contributed by atoms with Crippen LogP contribution in [0, 0.1) is 0 Å². The van der Waals surface area contributed by atoms with E-state index in [1.54, 1.807) is 31.1 Å². The van der Waals surface area contributed by atoms with E-state index < -0.39 is 0 Å². The molecule has 2 aromatic carbocycles. The van der Waals surface area contributed by atoms with Gasteiger partial charge in [0.1, 0.15) is 17.2 Å². The van der Waals surface area contributed by atoms with Crippen LogP contribution in [-0.2, 0) is 7.05 Å². The first kappa shape index (κ1) is 15.0. The standard InChI is InChI=1S/C18H18N2O3/c1-20-16-7-5-4-6-13(16)14(18(20)21)11-19-15-9-8-12(22-2)10-17(15)23-3/h4-11,21H,1-3H3. The number of nitrogens with zero attached hydrogens (tertiary/aromatic N) is 2.